The number of para-hydroxylation sites is 1. The molecule has 70 valence electrons. The van der Waals surface area contributed by atoms with E-state index in [1.54, 1.807) is 24.3 Å². The van der Waals surface area contributed by atoms with Crippen LogP contribution in [0, 0.1) is 0 Å². The summed E-state index contributed by atoms with van der Waals surface area (Å²) in [4.78, 5) is 11.1. The molecule has 0 bridgehead atoms. The van der Waals surface area contributed by atoms with Gasteiger partial charge in [0.05, 0.1) is 0 Å². The fourth-order valence-corrected chi connectivity index (χ4v) is 0.867. The van der Waals surface area contributed by atoms with Gasteiger partial charge in [-0.25, -0.2) is 4.39 Å². The van der Waals surface area contributed by atoms with Crippen molar-refractivity contribution in [3.63, 3.8) is 0 Å². The Balaban J connectivity index is 2.55. The standard InChI is InChI=1S/C9H9ClFNO/c10-8(6-11)9(13)12-7-4-2-1-3-5-7/h1-5,8H,6H2,(H,12,13). The predicted octanol–water partition coefficient (Wildman–Crippen LogP) is 2.20. The number of rotatable bonds is 3. The van der Waals surface area contributed by atoms with Gasteiger partial charge in [-0.05, 0) is 12.1 Å². The number of amides is 1. The summed E-state index contributed by atoms with van der Waals surface area (Å²) in [6.45, 7) is -0.861. The average Bonchev–Trinajstić information content (AvgIpc) is 2.18. The largest absolute Gasteiger partial charge is 0.325 e. The minimum Gasteiger partial charge on any atom is -0.325 e. The Morgan fingerprint density at radius 1 is 1.46 bits per heavy atom. The number of benzene rings is 1. The molecule has 1 aromatic rings. The molecular weight excluding hydrogens is 193 g/mol. The second kappa shape index (κ2) is 4.82. The number of hydrogen-bond acceptors (Lipinski definition) is 1. The van der Waals surface area contributed by atoms with Crippen molar-refractivity contribution in [2.24, 2.45) is 0 Å². The van der Waals surface area contributed by atoms with E-state index in [1.807, 2.05) is 6.07 Å². The van der Waals surface area contributed by atoms with Crippen molar-refractivity contribution in [2.45, 2.75) is 5.38 Å². The van der Waals surface area contributed by atoms with E-state index in [-0.39, 0.29) is 0 Å². The van der Waals surface area contributed by atoms with Crippen molar-refractivity contribution in [3.05, 3.63) is 30.3 Å². The first-order chi connectivity index (χ1) is 6.24. The van der Waals surface area contributed by atoms with E-state index in [4.69, 9.17) is 11.6 Å². The van der Waals surface area contributed by atoms with Crippen LogP contribution in [0.5, 0.6) is 0 Å². The van der Waals surface area contributed by atoms with Crippen LogP contribution in [0.15, 0.2) is 30.3 Å². The van der Waals surface area contributed by atoms with Crippen LogP contribution in [0.3, 0.4) is 0 Å². The number of carbonyl (C=O) groups excluding carboxylic acids is 1. The molecule has 1 amide bonds. The summed E-state index contributed by atoms with van der Waals surface area (Å²) in [6, 6.07) is 8.78. The molecule has 2 nitrogen and oxygen atoms in total. The smallest absolute Gasteiger partial charge is 0.245 e. The first kappa shape index (κ1) is 9.99. The fraction of sp³-hybridized carbons (Fsp3) is 0.222. The van der Waals surface area contributed by atoms with E-state index >= 15 is 0 Å². The van der Waals surface area contributed by atoms with Crippen molar-refractivity contribution < 1.29 is 9.18 Å². The van der Waals surface area contributed by atoms with Gasteiger partial charge in [0.15, 0.2) is 0 Å². The van der Waals surface area contributed by atoms with E-state index in [9.17, 15) is 9.18 Å². The number of anilines is 1. The molecule has 0 fully saturated rings. The van der Waals surface area contributed by atoms with Gasteiger partial charge >= 0.3 is 0 Å². The zero-order valence-electron chi connectivity index (χ0n) is 6.84. The van der Waals surface area contributed by atoms with Crippen molar-refractivity contribution >= 4 is 23.2 Å². The molecular formula is C9H9ClFNO. The summed E-state index contributed by atoms with van der Waals surface area (Å²) in [5.74, 6) is -0.518. The fourth-order valence-electron chi connectivity index (χ4n) is 0.812. The van der Waals surface area contributed by atoms with E-state index in [1.165, 1.54) is 0 Å². The minimum absolute atomic E-state index is 0.518. The van der Waals surface area contributed by atoms with Crippen molar-refractivity contribution in [3.8, 4) is 0 Å². The molecule has 1 aromatic carbocycles. The van der Waals surface area contributed by atoms with Gasteiger partial charge < -0.3 is 5.32 Å². The van der Waals surface area contributed by atoms with Crippen LogP contribution in [-0.2, 0) is 4.79 Å². The Hall–Kier alpha value is -1.09. The third-order valence-electron chi connectivity index (χ3n) is 1.46. The quantitative estimate of drug-likeness (QED) is 0.747. The van der Waals surface area contributed by atoms with Crippen LogP contribution in [0.2, 0.25) is 0 Å². The lowest BCUT2D eigenvalue weighted by Gasteiger charge is -2.06. The molecule has 0 saturated heterocycles. The number of alkyl halides is 2. The highest BCUT2D eigenvalue weighted by molar-refractivity contribution is 6.32. The molecule has 13 heavy (non-hydrogen) atoms. The highest BCUT2D eigenvalue weighted by Gasteiger charge is 2.14. The van der Waals surface area contributed by atoms with E-state index in [0.717, 1.165) is 0 Å². The lowest BCUT2D eigenvalue weighted by Crippen LogP contribution is -2.24. The van der Waals surface area contributed by atoms with E-state index < -0.39 is 18.0 Å². The lowest BCUT2D eigenvalue weighted by atomic mass is 10.3. The maximum atomic E-state index is 11.9. The number of hydrogen-bond donors (Lipinski definition) is 1. The molecule has 1 N–H and O–H groups in total. The first-order valence-corrected chi connectivity index (χ1v) is 4.23. The highest BCUT2D eigenvalue weighted by Crippen LogP contribution is 2.07. The number of nitrogens with one attached hydrogen (secondary N) is 1. The van der Waals surface area contributed by atoms with Crippen LogP contribution in [0.1, 0.15) is 0 Å². The van der Waals surface area contributed by atoms with Crippen molar-refractivity contribution in [1.82, 2.24) is 0 Å². The molecule has 0 aliphatic carbocycles. The van der Waals surface area contributed by atoms with Crippen LogP contribution in [-0.4, -0.2) is 18.0 Å². The Bertz CT molecular complexity index is 278. The molecule has 0 saturated carbocycles. The maximum Gasteiger partial charge on any atom is 0.245 e. The van der Waals surface area contributed by atoms with Crippen LogP contribution in [0.25, 0.3) is 0 Å². The zero-order valence-corrected chi connectivity index (χ0v) is 7.59. The molecule has 4 heteroatoms. The number of carbonyl (C=O) groups is 1. The Morgan fingerprint density at radius 2 is 2.08 bits per heavy atom. The van der Waals surface area contributed by atoms with Gasteiger partial charge in [0, 0.05) is 5.69 Å². The molecule has 0 spiro atoms. The average molecular weight is 202 g/mol. The predicted molar refractivity (Wildman–Crippen MR) is 50.7 cm³/mol. The molecule has 1 rings (SSSR count). The lowest BCUT2D eigenvalue weighted by molar-refractivity contribution is -0.116. The molecule has 0 aliphatic heterocycles. The van der Waals surface area contributed by atoms with Crippen LogP contribution >= 0.6 is 11.6 Å². The van der Waals surface area contributed by atoms with Crippen molar-refractivity contribution in [2.75, 3.05) is 12.0 Å². The summed E-state index contributed by atoms with van der Waals surface area (Å²) in [6.07, 6.45) is 0. The Labute approximate surface area is 80.7 Å². The number of halogens is 2. The monoisotopic (exact) mass is 201 g/mol. The topological polar surface area (TPSA) is 29.1 Å². The Kier molecular flexibility index (Phi) is 3.71. The molecule has 1 atom stereocenters. The summed E-state index contributed by atoms with van der Waals surface area (Å²) in [5.41, 5.74) is 0.617. The van der Waals surface area contributed by atoms with Crippen LogP contribution < -0.4 is 5.32 Å². The van der Waals surface area contributed by atoms with Gasteiger partial charge in [-0.3, -0.25) is 4.79 Å². The van der Waals surface area contributed by atoms with Crippen molar-refractivity contribution in [1.29, 1.82) is 0 Å². The van der Waals surface area contributed by atoms with E-state index in [2.05, 4.69) is 5.32 Å². The van der Waals surface area contributed by atoms with Gasteiger partial charge in [-0.2, -0.15) is 0 Å². The van der Waals surface area contributed by atoms with Gasteiger partial charge in [0.25, 0.3) is 0 Å². The minimum atomic E-state index is -1.11. The van der Waals surface area contributed by atoms with Gasteiger partial charge in [-0.15, -0.1) is 11.6 Å². The SMILES string of the molecule is O=C(Nc1ccccc1)C(Cl)CF. The molecule has 0 heterocycles. The normalized spacial score (nSPS) is 12.2. The molecule has 0 aromatic heterocycles. The van der Waals surface area contributed by atoms with Gasteiger partial charge in [0.2, 0.25) is 5.91 Å². The Morgan fingerprint density at radius 3 is 2.62 bits per heavy atom. The summed E-state index contributed by atoms with van der Waals surface area (Å²) in [5, 5.41) is 1.37. The zero-order chi connectivity index (χ0) is 9.68. The van der Waals surface area contributed by atoms with Gasteiger partial charge in [0.1, 0.15) is 12.1 Å². The van der Waals surface area contributed by atoms with Gasteiger partial charge in [-0.1, -0.05) is 18.2 Å². The summed E-state index contributed by atoms with van der Waals surface area (Å²) >= 11 is 5.38. The third kappa shape index (κ3) is 3.03. The summed E-state index contributed by atoms with van der Waals surface area (Å²) < 4.78 is 11.9. The van der Waals surface area contributed by atoms with E-state index in [0.29, 0.717) is 5.69 Å². The third-order valence-corrected chi connectivity index (χ3v) is 1.78. The molecule has 0 radical (unpaired) electrons. The molecule has 0 aliphatic rings. The highest BCUT2D eigenvalue weighted by atomic mass is 35.5. The first-order valence-electron chi connectivity index (χ1n) is 3.80. The second-order valence-electron chi connectivity index (χ2n) is 2.48. The maximum absolute atomic E-state index is 11.9. The second-order valence-corrected chi connectivity index (χ2v) is 3.00. The molecule has 1 unspecified atom stereocenters. The summed E-state index contributed by atoms with van der Waals surface area (Å²) in [7, 11) is 0. The van der Waals surface area contributed by atoms with Crippen LogP contribution in [0.4, 0.5) is 10.1 Å².